The molecule has 1 amide bonds. The molecular formula is C19H19BrClN7O2S. The van der Waals surface area contributed by atoms with E-state index in [-0.39, 0.29) is 17.6 Å². The summed E-state index contributed by atoms with van der Waals surface area (Å²) in [6.07, 6.45) is 1.58. The van der Waals surface area contributed by atoms with E-state index in [2.05, 4.69) is 42.0 Å². The topological polar surface area (TPSA) is 119 Å². The molecule has 162 valence electrons. The molecule has 0 aliphatic carbocycles. The molecule has 0 bridgehead atoms. The van der Waals surface area contributed by atoms with Gasteiger partial charge in [-0.25, -0.2) is 10.1 Å². The van der Waals surface area contributed by atoms with Crippen LogP contribution in [0.15, 0.2) is 51.1 Å². The Morgan fingerprint density at radius 3 is 2.94 bits per heavy atom. The van der Waals surface area contributed by atoms with Crippen LogP contribution < -0.4 is 21.3 Å². The zero-order valence-electron chi connectivity index (χ0n) is 16.6. The predicted octanol–water partition coefficient (Wildman–Crippen LogP) is 3.90. The first-order valence-corrected chi connectivity index (χ1v) is 11.0. The Morgan fingerprint density at radius 2 is 2.16 bits per heavy atom. The van der Waals surface area contributed by atoms with E-state index in [1.54, 1.807) is 25.5 Å². The molecule has 1 aromatic heterocycles. The quantitative estimate of drug-likeness (QED) is 0.177. The largest absolute Gasteiger partial charge is 0.496 e. The first-order valence-electron chi connectivity index (χ1n) is 8.89. The zero-order chi connectivity index (χ0) is 22.4. The molecule has 0 atom stereocenters. The van der Waals surface area contributed by atoms with Crippen molar-refractivity contribution in [3.63, 3.8) is 0 Å². The fraction of sp³-hybridized carbons (Fsp3) is 0.158. The fourth-order valence-electron chi connectivity index (χ4n) is 2.46. The van der Waals surface area contributed by atoms with Crippen LogP contribution in [0.25, 0.3) is 0 Å². The normalized spacial score (nSPS) is 11.0. The number of aromatic nitrogens is 3. The van der Waals surface area contributed by atoms with E-state index in [4.69, 9.17) is 22.2 Å². The highest BCUT2D eigenvalue weighted by molar-refractivity contribution is 9.10. The molecule has 0 fully saturated rings. The predicted molar refractivity (Wildman–Crippen MR) is 128 cm³/mol. The monoisotopic (exact) mass is 523 g/mol. The molecule has 0 spiro atoms. The average molecular weight is 525 g/mol. The molecule has 9 nitrogen and oxygen atoms in total. The lowest BCUT2D eigenvalue weighted by Crippen LogP contribution is -2.17. The number of nitrogens with zero attached hydrogens (tertiary/aromatic N) is 4. The first-order chi connectivity index (χ1) is 14.9. The number of hydrazone groups is 1. The van der Waals surface area contributed by atoms with Gasteiger partial charge in [0.15, 0.2) is 0 Å². The smallest absolute Gasteiger partial charge is 0.264 e. The molecule has 4 N–H and O–H groups in total. The molecule has 0 saturated heterocycles. The van der Waals surface area contributed by atoms with E-state index >= 15 is 0 Å². The Kier molecular flexibility index (Phi) is 7.77. The Bertz CT molecular complexity index is 1120. The van der Waals surface area contributed by atoms with E-state index in [0.29, 0.717) is 21.6 Å². The van der Waals surface area contributed by atoms with Crippen molar-refractivity contribution in [1.29, 1.82) is 0 Å². The highest BCUT2D eigenvalue weighted by Crippen LogP contribution is 2.23. The minimum atomic E-state index is -0.215. The maximum absolute atomic E-state index is 12.3. The number of amides is 1. The lowest BCUT2D eigenvalue weighted by Gasteiger charge is -2.08. The number of hydrogen-bond donors (Lipinski definition) is 3. The number of rotatable bonds is 8. The molecule has 31 heavy (non-hydrogen) atoms. The number of benzene rings is 2. The summed E-state index contributed by atoms with van der Waals surface area (Å²) in [4.78, 5) is 12.3. The third-order valence-electron chi connectivity index (χ3n) is 4.03. The number of hydrogen-bond acceptors (Lipinski definition) is 8. The maximum atomic E-state index is 12.3. The number of methoxy groups -OCH3 is 1. The van der Waals surface area contributed by atoms with Gasteiger partial charge in [-0.2, -0.15) is 5.10 Å². The van der Waals surface area contributed by atoms with Crippen molar-refractivity contribution in [2.45, 2.75) is 12.1 Å². The Hall–Kier alpha value is -2.76. The summed E-state index contributed by atoms with van der Waals surface area (Å²) in [6.45, 7) is 1.89. The van der Waals surface area contributed by atoms with E-state index < -0.39 is 0 Å². The molecule has 0 saturated carbocycles. The van der Waals surface area contributed by atoms with Crippen molar-refractivity contribution in [2.75, 3.05) is 29.4 Å². The van der Waals surface area contributed by atoms with Gasteiger partial charge < -0.3 is 15.9 Å². The third-order valence-corrected chi connectivity index (χ3v) is 5.70. The van der Waals surface area contributed by atoms with Crippen LogP contribution in [0.1, 0.15) is 11.1 Å². The Morgan fingerprint density at radius 1 is 1.35 bits per heavy atom. The molecule has 0 aliphatic rings. The number of nitrogens with two attached hydrogens (primary N) is 1. The van der Waals surface area contributed by atoms with Crippen molar-refractivity contribution in [2.24, 2.45) is 5.10 Å². The number of carbonyl (C=O) groups excluding carboxylic acids is 1. The summed E-state index contributed by atoms with van der Waals surface area (Å²) in [7, 11) is 1.58. The zero-order valence-corrected chi connectivity index (χ0v) is 19.8. The van der Waals surface area contributed by atoms with E-state index in [9.17, 15) is 4.79 Å². The van der Waals surface area contributed by atoms with E-state index in [0.717, 1.165) is 27.4 Å². The fourth-order valence-corrected chi connectivity index (χ4v) is 3.67. The minimum absolute atomic E-state index is 0.0970. The molecule has 1 heterocycles. The lowest BCUT2D eigenvalue weighted by molar-refractivity contribution is -0.113. The summed E-state index contributed by atoms with van der Waals surface area (Å²) >= 11 is 10.5. The number of nitrogens with one attached hydrogen (secondary N) is 2. The van der Waals surface area contributed by atoms with Gasteiger partial charge >= 0.3 is 0 Å². The van der Waals surface area contributed by atoms with Gasteiger partial charge in [-0.1, -0.05) is 45.4 Å². The molecule has 12 heteroatoms. The standard InChI is InChI=1S/C19H19BrClN7O2S/c1-11-3-5-14(21)8-15(11)24-17(29)10-31-19-27-26-18(28(19)22)25-23-9-12-7-13(20)4-6-16(12)30-2/h3-9H,10,22H2,1-2H3,(H,24,29)(H,25,26)/b23-9+. The van der Waals surface area contributed by atoms with Crippen molar-refractivity contribution >= 4 is 63.1 Å². The molecule has 0 radical (unpaired) electrons. The number of carbonyl (C=O) groups is 1. The SMILES string of the molecule is COc1ccc(Br)cc1/C=N/Nc1nnc(SCC(=O)Nc2cc(Cl)ccc2C)n1N. The van der Waals surface area contributed by atoms with Crippen LogP contribution in [0.4, 0.5) is 11.6 Å². The van der Waals surface area contributed by atoms with Gasteiger partial charge in [0.05, 0.1) is 19.1 Å². The second kappa shape index (κ2) is 10.5. The molecule has 0 unspecified atom stereocenters. The number of anilines is 2. The van der Waals surface area contributed by atoms with Gasteiger partial charge in [-0.15, -0.1) is 10.2 Å². The second-order valence-electron chi connectivity index (χ2n) is 6.23. The van der Waals surface area contributed by atoms with Gasteiger partial charge in [-0.05, 0) is 42.8 Å². The highest BCUT2D eigenvalue weighted by atomic mass is 79.9. The third kappa shape index (κ3) is 6.12. The van der Waals surface area contributed by atoms with Crippen LogP contribution in [0.2, 0.25) is 5.02 Å². The van der Waals surface area contributed by atoms with Gasteiger partial charge in [0.25, 0.3) is 5.95 Å². The van der Waals surface area contributed by atoms with Gasteiger partial charge in [0.1, 0.15) is 5.75 Å². The lowest BCUT2D eigenvalue weighted by atomic mass is 10.2. The number of ether oxygens (including phenoxy) is 1. The molecule has 3 rings (SSSR count). The summed E-state index contributed by atoms with van der Waals surface area (Å²) < 4.78 is 7.41. The number of nitrogen functional groups attached to an aromatic ring is 1. The summed E-state index contributed by atoms with van der Waals surface area (Å²) in [5.41, 5.74) is 5.06. The Balaban J connectivity index is 1.58. The van der Waals surface area contributed by atoms with Crippen LogP contribution in [-0.4, -0.2) is 39.9 Å². The van der Waals surface area contributed by atoms with E-state index in [1.165, 1.54) is 4.68 Å². The average Bonchev–Trinajstić information content (AvgIpc) is 3.09. The summed E-state index contributed by atoms with van der Waals surface area (Å²) in [6, 6.07) is 10.9. The first kappa shape index (κ1) is 22.9. The van der Waals surface area contributed by atoms with Crippen LogP contribution in [0, 0.1) is 6.92 Å². The van der Waals surface area contributed by atoms with E-state index in [1.807, 2.05) is 31.2 Å². The maximum Gasteiger partial charge on any atom is 0.264 e. The van der Waals surface area contributed by atoms with Crippen molar-refractivity contribution < 1.29 is 9.53 Å². The number of thioether (sulfide) groups is 1. The molecule has 3 aromatic rings. The van der Waals surface area contributed by atoms with Gasteiger partial charge in [-0.3, -0.25) is 4.79 Å². The minimum Gasteiger partial charge on any atom is -0.496 e. The Labute approximate surface area is 196 Å². The molecule has 0 aliphatic heterocycles. The highest BCUT2D eigenvalue weighted by Gasteiger charge is 2.13. The molecule has 2 aromatic carbocycles. The summed E-state index contributed by atoms with van der Waals surface area (Å²) in [5.74, 6) is 6.77. The number of halogens is 2. The van der Waals surface area contributed by atoms with Crippen LogP contribution in [-0.2, 0) is 4.79 Å². The summed E-state index contributed by atoms with van der Waals surface area (Å²) in [5, 5.41) is 15.8. The van der Waals surface area contributed by atoms with Crippen molar-refractivity contribution in [3.8, 4) is 5.75 Å². The van der Waals surface area contributed by atoms with Crippen LogP contribution in [0.3, 0.4) is 0 Å². The van der Waals surface area contributed by atoms with Gasteiger partial charge in [0, 0.05) is 20.7 Å². The van der Waals surface area contributed by atoms with Crippen molar-refractivity contribution in [1.82, 2.24) is 14.9 Å². The van der Waals surface area contributed by atoms with Crippen molar-refractivity contribution in [3.05, 3.63) is 57.0 Å². The van der Waals surface area contributed by atoms with Gasteiger partial charge in [0.2, 0.25) is 11.1 Å². The van der Waals surface area contributed by atoms with Crippen LogP contribution in [0.5, 0.6) is 5.75 Å². The second-order valence-corrected chi connectivity index (χ2v) is 8.52. The molecular weight excluding hydrogens is 506 g/mol. The number of aryl methyl sites for hydroxylation is 1. The van der Waals surface area contributed by atoms with Crippen LogP contribution >= 0.6 is 39.3 Å².